The van der Waals surface area contributed by atoms with E-state index in [1.54, 1.807) is 12.4 Å². The molecular formula is C15H18N4. The molecule has 2 N–H and O–H groups in total. The summed E-state index contributed by atoms with van der Waals surface area (Å²) < 4.78 is 1.90. The van der Waals surface area contributed by atoms with E-state index in [1.165, 1.54) is 0 Å². The van der Waals surface area contributed by atoms with E-state index in [9.17, 15) is 0 Å². The average Bonchev–Trinajstić information content (AvgIpc) is 2.69. The molecule has 0 amide bonds. The van der Waals surface area contributed by atoms with E-state index in [0.29, 0.717) is 12.4 Å². The van der Waals surface area contributed by atoms with Crippen molar-refractivity contribution in [2.45, 2.75) is 33.2 Å². The zero-order chi connectivity index (χ0) is 14.0. The van der Waals surface area contributed by atoms with Gasteiger partial charge < -0.3 is 10.3 Å². The number of nitrogens with zero attached hydrogens (tertiary/aromatic N) is 3. The fourth-order valence-electron chi connectivity index (χ4n) is 2.09. The van der Waals surface area contributed by atoms with Crippen LogP contribution < -0.4 is 5.73 Å². The Morgan fingerprint density at radius 1 is 1.47 bits per heavy atom. The first-order chi connectivity index (χ1) is 9.06. The van der Waals surface area contributed by atoms with Gasteiger partial charge in [-0.15, -0.1) is 6.42 Å². The number of aromatic nitrogens is 3. The molecule has 0 aliphatic carbocycles. The molecule has 0 aliphatic heterocycles. The molecule has 4 heteroatoms. The van der Waals surface area contributed by atoms with Gasteiger partial charge in [0.2, 0.25) is 0 Å². The molecule has 0 fully saturated rings. The van der Waals surface area contributed by atoms with E-state index < -0.39 is 0 Å². The van der Waals surface area contributed by atoms with E-state index >= 15 is 0 Å². The number of aryl methyl sites for hydroxylation is 1. The summed E-state index contributed by atoms with van der Waals surface area (Å²) in [4.78, 5) is 8.81. The maximum absolute atomic E-state index is 6.21. The second-order valence-corrected chi connectivity index (χ2v) is 4.84. The smallest absolute Gasteiger partial charge is 0.132 e. The Morgan fingerprint density at radius 3 is 2.79 bits per heavy atom. The number of nitrogen functional groups attached to an aromatic ring is 1. The lowest BCUT2D eigenvalue weighted by Crippen LogP contribution is -2.07. The van der Waals surface area contributed by atoms with Crippen molar-refractivity contribution in [2.75, 3.05) is 5.73 Å². The first kappa shape index (κ1) is 13.2. The number of rotatable bonds is 3. The summed E-state index contributed by atoms with van der Waals surface area (Å²) in [5.41, 5.74) is 9.03. The van der Waals surface area contributed by atoms with Crippen molar-refractivity contribution in [3.63, 3.8) is 0 Å². The zero-order valence-electron chi connectivity index (χ0n) is 11.5. The van der Waals surface area contributed by atoms with Crippen LogP contribution in [-0.2, 0) is 6.54 Å². The van der Waals surface area contributed by atoms with Gasteiger partial charge in [-0.2, -0.15) is 0 Å². The van der Waals surface area contributed by atoms with Crippen molar-refractivity contribution in [1.29, 1.82) is 0 Å². The Hall–Kier alpha value is -2.28. The summed E-state index contributed by atoms with van der Waals surface area (Å²) in [7, 11) is 0. The van der Waals surface area contributed by atoms with E-state index in [1.807, 2.05) is 17.6 Å². The highest BCUT2D eigenvalue weighted by Gasteiger charge is 2.18. The summed E-state index contributed by atoms with van der Waals surface area (Å²) in [6.45, 7) is 6.61. The van der Waals surface area contributed by atoms with Crippen LogP contribution in [0.2, 0.25) is 0 Å². The van der Waals surface area contributed by atoms with Crippen LogP contribution in [0.15, 0.2) is 18.5 Å². The fraction of sp³-hybridized carbons (Fsp3) is 0.333. The van der Waals surface area contributed by atoms with Gasteiger partial charge in [-0.25, -0.2) is 4.98 Å². The minimum atomic E-state index is 0.265. The summed E-state index contributed by atoms with van der Waals surface area (Å²) in [5.74, 6) is 4.41. The Bertz CT molecular complexity index is 632. The maximum Gasteiger partial charge on any atom is 0.132 e. The molecule has 2 heterocycles. The number of pyridine rings is 1. The second kappa shape index (κ2) is 5.15. The first-order valence-electron chi connectivity index (χ1n) is 6.26. The van der Waals surface area contributed by atoms with Crippen molar-refractivity contribution in [1.82, 2.24) is 14.5 Å². The SMILES string of the molecule is C#CCn1c(C(C)C)nc(-c2cnccc2C)c1N. The summed E-state index contributed by atoms with van der Waals surface area (Å²) in [6, 6.07) is 1.95. The van der Waals surface area contributed by atoms with Gasteiger partial charge in [0.1, 0.15) is 17.3 Å². The Morgan fingerprint density at radius 2 is 2.21 bits per heavy atom. The molecule has 2 rings (SSSR count). The Kier molecular flexibility index (Phi) is 3.57. The third-order valence-corrected chi connectivity index (χ3v) is 3.10. The molecule has 4 nitrogen and oxygen atoms in total. The molecule has 2 aromatic rings. The van der Waals surface area contributed by atoms with Gasteiger partial charge in [-0.1, -0.05) is 19.8 Å². The molecule has 2 aromatic heterocycles. The minimum absolute atomic E-state index is 0.265. The standard InChI is InChI=1S/C15H18N4/c1-5-8-19-14(16)13(18-15(19)10(2)3)12-9-17-7-6-11(12)4/h1,6-7,9-10H,8,16H2,2-4H3. The molecule has 0 unspecified atom stereocenters. The molecular weight excluding hydrogens is 236 g/mol. The second-order valence-electron chi connectivity index (χ2n) is 4.84. The van der Waals surface area contributed by atoms with Crippen LogP contribution in [0.4, 0.5) is 5.82 Å². The topological polar surface area (TPSA) is 56.7 Å². The molecule has 0 saturated heterocycles. The van der Waals surface area contributed by atoms with Gasteiger partial charge in [0, 0.05) is 23.9 Å². The lowest BCUT2D eigenvalue weighted by Gasteiger charge is -2.08. The van der Waals surface area contributed by atoms with Crippen LogP contribution in [0.5, 0.6) is 0 Å². The minimum Gasteiger partial charge on any atom is -0.383 e. The van der Waals surface area contributed by atoms with E-state index in [2.05, 4.69) is 29.7 Å². The summed E-state index contributed by atoms with van der Waals surface area (Å²) in [5, 5.41) is 0. The van der Waals surface area contributed by atoms with E-state index in [-0.39, 0.29) is 5.92 Å². The molecule has 19 heavy (non-hydrogen) atoms. The van der Waals surface area contributed by atoms with Gasteiger partial charge in [-0.3, -0.25) is 4.98 Å². The first-order valence-corrected chi connectivity index (χ1v) is 6.26. The lowest BCUT2D eigenvalue weighted by molar-refractivity contribution is 0.691. The monoisotopic (exact) mass is 254 g/mol. The van der Waals surface area contributed by atoms with E-state index in [4.69, 9.17) is 12.2 Å². The predicted molar refractivity (Wildman–Crippen MR) is 77.5 cm³/mol. The van der Waals surface area contributed by atoms with Crippen molar-refractivity contribution in [3.8, 4) is 23.6 Å². The van der Waals surface area contributed by atoms with Gasteiger partial charge in [0.15, 0.2) is 0 Å². The van der Waals surface area contributed by atoms with Gasteiger partial charge in [0.05, 0.1) is 6.54 Å². The number of hydrogen-bond acceptors (Lipinski definition) is 3. The molecule has 0 saturated carbocycles. The molecule has 0 bridgehead atoms. The highest BCUT2D eigenvalue weighted by atomic mass is 15.1. The van der Waals surface area contributed by atoms with Crippen LogP contribution in [0, 0.1) is 19.3 Å². The van der Waals surface area contributed by atoms with Gasteiger partial charge in [-0.05, 0) is 18.6 Å². The number of anilines is 1. The van der Waals surface area contributed by atoms with Crippen molar-refractivity contribution in [2.24, 2.45) is 0 Å². The normalized spacial score (nSPS) is 10.7. The highest BCUT2D eigenvalue weighted by molar-refractivity contribution is 5.73. The third-order valence-electron chi connectivity index (χ3n) is 3.10. The van der Waals surface area contributed by atoms with Crippen LogP contribution in [-0.4, -0.2) is 14.5 Å². The number of terminal acetylenes is 1. The van der Waals surface area contributed by atoms with Gasteiger partial charge >= 0.3 is 0 Å². The molecule has 0 aromatic carbocycles. The lowest BCUT2D eigenvalue weighted by atomic mass is 10.1. The number of imidazole rings is 1. The number of nitrogens with two attached hydrogens (primary N) is 1. The summed E-state index contributed by atoms with van der Waals surface area (Å²) >= 11 is 0. The van der Waals surface area contributed by atoms with Crippen LogP contribution >= 0.6 is 0 Å². The largest absolute Gasteiger partial charge is 0.383 e. The van der Waals surface area contributed by atoms with Gasteiger partial charge in [0.25, 0.3) is 0 Å². The fourth-order valence-corrected chi connectivity index (χ4v) is 2.09. The van der Waals surface area contributed by atoms with Crippen molar-refractivity contribution in [3.05, 3.63) is 29.8 Å². The Balaban J connectivity index is 2.63. The third kappa shape index (κ3) is 2.32. The summed E-state index contributed by atoms with van der Waals surface area (Å²) in [6.07, 6.45) is 8.96. The quantitative estimate of drug-likeness (QED) is 0.856. The molecule has 98 valence electrons. The van der Waals surface area contributed by atoms with E-state index in [0.717, 1.165) is 22.6 Å². The Labute approximate surface area is 113 Å². The van der Waals surface area contributed by atoms with Crippen molar-refractivity contribution >= 4 is 5.82 Å². The van der Waals surface area contributed by atoms with Crippen molar-refractivity contribution < 1.29 is 0 Å². The van der Waals surface area contributed by atoms with Crippen LogP contribution in [0.3, 0.4) is 0 Å². The maximum atomic E-state index is 6.21. The molecule has 0 aliphatic rings. The highest BCUT2D eigenvalue weighted by Crippen LogP contribution is 2.30. The molecule has 0 atom stereocenters. The average molecular weight is 254 g/mol. The predicted octanol–water partition coefficient (Wildman–Crippen LogP) is 2.59. The van der Waals surface area contributed by atoms with Crippen LogP contribution in [0.25, 0.3) is 11.3 Å². The molecule has 0 spiro atoms. The zero-order valence-corrected chi connectivity index (χ0v) is 11.5. The van der Waals surface area contributed by atoms with Crippen LogP contribution in [0.1, 0.15) is 31.2 Å². The molecule has 0 radical (unpaired) electrons. The number of hydrogen-bond donors (Lipinski definition) is 1.